The molecule has 0 radical (unpaired) electrons. The molecule has 0 bridgehead atoms. The molecule has 2 rings (SSSR count). The lowest BCUT2D eigenvalue weighted by Gasteiger charge is -2.40. The third-order valence-corrected chi connectivity index (χ3v) is 4.41. The average Bonchev–Trinajstić information content (AvgIpc) is 2.36. The van der Waals surface area contributed by atoms with E-state index in [1.165, 1.54) is 24.8 Å². The molecule has 1 aliphatic rings. The Labute approximate surface area is 123 Å². The van der Waals surface area contributed by atoms with Crippen LogP contribution in [0.4, 0.5) is 0 Å². The zero-order valence-electron chi connectivity index (χ0n) is 13.1. The molecule has 2 nitrogen and oxygen atoms in total. The van der Waals surface area contributed by atoms with Crippen LogP contribution >= 0.6 is 0 Å². The largest absolute Gasteiger partial charge is 0.307 e. The van der Waals surface area contributed by atoms with Gasteiger partial charge in [0.1, 0.15) is 0 Å². The van der Waals surface area contributed by atoms with Gasteiger partial charge >= 0.3 is 0 Å². The van der Waals surface area contributed by atoms with Crippen LogP contribution in [0.3, 0.4) is 0 Å². The molecule has 0 aromatic heterocycles. The molecule has 3 atom stereocenters. The first kappa shape index (κ1) is 15.1. The maximum atomic E-state index is 8.85. The van der Waals surface area contributed by atoms with Crippen LogP contribution in [0.25, 0.3) is 0 Å². The summed E-state index contributed by atoms with van der Waals surface area (Å²) in [6.07, 6.45) is 3.85. The van der Waals surface area contributed by atoms with Crippen LogP contribution in [0.2, 0.25) is 0 Å². The van der Waals surface area contributed by atoms with Gasteiger partial charge in [-0.05, 0) is 55.2 Å². The highest BCUT2D eigenvalue weighted by Crippen LogP contribution is 2.39. The average molecular weight is 270 g/mol. The maximum Gasteiger partial charge on any atom is 0.0991 e. The minimum Gasteiger partial charge on any atom is -0.307 e. The molecule has 108 valence electrons. The van der Waals surface area contributed by atoms with Crippen molar-refractivity contribution in [3.63, 3.8) is 0 Å². The SMILES string of the molecule is CC1CC(NC(C)c2ccc(C#N)cc2)CC(C)(C)C1. The van der Waals surface area contributed by atoms with E-state index in [1.54, 1.807) is 0 Å². The summed E-state index contributed by atoms with van der Waals surface area (Å²) in [7, 11) is 0. The molecule has 0 saturated heterocycles. The summed E-state index contributed by atoms with van der Waals surface area (Å²) in [6.45, 7) is 9.34. The monoisotopic (exact) mass is 270 g/mol. The Kier molecular flexibility index (Phi) is 4.50. The van der Waals surface area contributed by atoms with Crippen LogP contribution in [0.15, 0.2) is 24.3 Å². The first-order chi connectivity index (χ1) is 9.39. The second-order valence-corrected chi connectivity index (χ2v) is 7.23. The van der Waals surface area contributed by atoms with Gasteiger partial charge in [-0.15, -0.1) is 0 Å². The number of nitriles is 1. The first-order valence-electron chi connectivity index (χ1n) is 7.66. The van der Waals surface area contributed by atoms with Crippen molar-refractivity contribution in [1.82, 2.24) is 5.32 Å². The van der Waals surface area contributed by atoms with E-state index in [0.29, 0.717) is 17.5 Å². The Bertz CT molecular complexity index is 481. The molecule has 1 saturated carbocycles. The predicted molar refractivity (Wildman–Crippen MR) is 83.3 cm³/mol. The topological polar surface area (TPSA) is 35.8 Å². The van der Waals surface area contributed by atoms with Crippen LogP contribution in [-0.2, 0) is 0 Å². The van der Waals surface area contributed by atoms with Gasteiger partial charge in [-0.25, -0.2) is 0 Å². The summed E-state index contributed by atoms with van der Waals surface area (Å²) in [4.78, 5) is 0. The van der Waals surface area contributed by atoms with Crippen molar-refractivity contribution in [3.8, 4) is 6.07 Å². The van der Waals surface area contributed by atoms with E-state index in [1.807, 2.05) is 12.1 Å². The van der Waals surface area contributed by atoms with Gasteiger partial charge in [-0.2, -0.15) is 5.26 Å². The molecular formula is C18H26N2. The number of nitrogens with zero attached hydrogens (tertiary/aromatic N) is 1. The Hall–Kier alpha value is -1.33. The zero-order valence-corrected chi connectivity index (χ0v) is 13.1. The van der Waals surface area contributed by atoms with Crippen molar-refractivity contribution in [2.24, 2.45) is 11.3 Å². The number of nitrogens with one attached hydrogen (secondary N) is 1. The van der Waals surface area contributed by atoms with Crippen LogP contribution in [0.1, 0.15) is 64.1 Å². The second-order valence-electron chi connectivity index (χ2n) is 7.23. The highest BCUT2D eigenvalue weighted by atomic mass is 14.9. The van der Waals surface area contributed by atoms with E-state index >= 15 is 0 Å². The fraction of sp³-hybridized carbons (Fsp3) is 0.611. The lowest BCUT2D eigenvalue weighted by Crippen LogP contribution is -2.41. The lowest BCUT2D eigenvalue weighted by atomic mass is 9.70. The summed E-state index contributed by atoms with van der Waals surface area (Å²) in [5.41, 5.74) is 2.44. The van der Waals surface area contributed by atoms with E-state index in [4.69, 9.17) is 5.26 Å². The van der Waals surface area contributed by atoms with Crippen molar-refractivity contribution >= 4 is 0 Å². The van der Waals surface area contributed by atoms with Crippen LogP contribution in [0.5, 0.6) is 0 Å². The molecule has 3 unspecified atom stereocenters. The third-order valence-electron chi connectivity index (χ3n) is 4.41. The smallest absolute Gasteiger partial charge is 0.0991 e. The van der Waals surface area contributed by atoms with E-state index in [0.717, 1.165) is 11.5 Å². The Morgan fingerprint density at radius 1 is 1.25 bits per heavy atom. The molecule has 2 heteroatoms. The normalized spacial score (nSPS) is 26.8. The molecule has 1 fully saturated rings. The highest BCUT2D eigenvalue weighted by molar-refractivity contribution is 5.32. The van der Waals surface area contributed by atoms with Crippen LogP contribution < -0.4 is 5.32 Å². The van der Waals surface area contributed by atoms with Crippen molar-refractivity contribution in [1.29, 1.82) is 5.26 Å². The Morgan fingerprint density at radius 2 is 1.90 bits per heavy atom. The molecule has 0 spiro atoms. The lowest BCUT2D eigenvalue weighted by molar-refractivity contribution is 0.145. The zero-order chi connectivity index (χ0) is 14.8. The number of hydrogen-bond acceptors (Lipinski definition) is 2. The van der Waals surface area contributed by atoms with Crippen LogP contribution in [-0.4, -0.2) is 6.04 Å². The van der Waals surface area contributed by atoms with Gasteiger partial charge in [0.15, 0.2) is 0 Å². The summed E-state index contributed by atoms with van der Waals surface area (Å²) in [5, 5.41) is 12.6. The molecular weight excluding hydrogens is 244 g/mol. The van der Waals surface area contributed by atoms with Crippen LogP contribution in [0, 0.1) is 22.7 Å². The second kappa shape index (κ2) is 5.97. The predicted octanol–water partition coefficient (Wildman–Crippen LogP) is 4.42. The summed E-state index contributed by atoms with van der Waals surface area (Å²) in [6, 6.07) is 11.0. The van der Waals surface area contributed by atoms with E-state index < -0.39 is 0 Å². The number of rotatable bonds is 3. The van der Waals surface area contributed by atoms with Gasteiger partial charge in [0.25, 0.3) is 0 Å². The standard InChI is InChI=1S/C18H26N2/c1-13-9-17(11-18(3,4)10-13)20-14(2)16-7-5-15(12-19)6-8-16/h5-8,13-14,17,20H,9-11H2,1-4H3. The molecule has 0 heterocycles. The fourth-order valence-electron chi connectivity index (χ4n) is 3.77. The number of hydrogen-bond donors (Lipinski definition) is 1. The van der Waals surface area contributed by atoms with E-state index in [-0.39, 0.29) is 0 Å². The minimum absolute atomic E-state index is 0.342. The molecule has 1 aliphatic carbocycles. The first-order valence-corrected chi connectivity index (χ1v) is 7.66. The van der Waals surface area contributed by atoms with Crippen molar-refractivity contribution in [3.05, 3.63) is 35.4 Å². The molecule has 20 heavy (non-hydrogen) atoms. The Morgan fingerprint density at radius 3 is 2.45 bits per heavy atom. The van der Waals surface area contributed by atoms with Gasteiger partial charge < -0.3 is 5.32 Å². The summed E-state index contributed by atoms with van der Waals surface area (Å²) < 4.78 is 0. The van der Waals surface area contributed by atoms with Gasteiger partial charge in [0.05, 0.1) is 11.6 Å². The van der Waals surface area contributed by atoms with Gasteiger partial charge in [0.2, 0.25) is 0 Å². The summed E-state index contributed by atoms with van der Waals surface area (Å²) >= 11 is 0. The van der Waals surface area contributed by atoms with Gasteiger partial charge in [-0.3, -0.25) is 0 Å². The quantitative estimate of drug-likeness (QED) is 0.882. The fourth-order valence-corrected chi connectivity index (χ4v) is 3.77. The Balaban J connectivity index is 2.00. The molecule has 1 aromatic rings. The molecule has 0 aliphatic heterocycles. The van der Waals surface area contributed by atoms with Crippen molar-refractivity contribution < 1.29 is 0 Å². The molecule has 0 amide bonds. The third kappa shape index (κ3) is 3.84. The van der Waals surface area contributed by atoms with Crippen molar-refractivity contribution in [2.45, 2.75) is 59.0 Å². The van der Waals surface area contributed by atoms with Gasteiger partial charge in [-0.1, -0.05) is 32.9 Å². The summed E-state index contributed by atoms with van der Waals surface area (Å²) in [5.74, 6) is 0.796. The molecule has 1 aromatic carbocycles. The maximum absolute atomic E-state index is 8.85. The van der Waals surface area contributed by atoms with E-state index in [9.17, 15) is 0 Å². The molecule has 1 N–H and O–H groups in total. The highest BCUT2D eigenvalue weighted by Gasteiger charge is 2.32. The number of benzene rings is 1. The van der Waals surface area contributed by atoms with E-state index in [2.05, 4.69) is 51.2 Å². The minimum atomic E-state index is 0.342. The van der Waals surface area contributed by atoms with Crippen molar-refractivity contribution in [2.75, 3.05) is 0 Å². The van der Waals surface area contributed by atoms with Gasteiger partial charge in [0, 0.05) is 12.1 Å².